The summed E-state index contributed by atoms with van der Waals surface area (Å²) in [6, 6.07) is 0.231. The van der Waals surface area contributed by atoms with Crippen LogP contribution in [-0.4, -0.2) is 35.2 Å². The number of hydrogen-bond donors (Lipinski definition) is 4. The van der Waals surface area contributed by atoms with Crippen molar-refractivity contribution in [2.45, 2.75) is 33.7 Å². The quantitative estimate of drug-likeness (QED) is 0.631. The number of aromatic nitrogens is 1. The molecule has 0 radical (unpaired) electrons. The minimum Gasteiger partial charge on any atom is -0.396 e. The summed E-state index contributed by atoms with van der Waals surface area (Å²) in [5.41, 5.74) is 5.39. The highest BCUT2D eigenvalue weighted by Crippen LogP contribution is 2.25. The monoisotopic (exact) mass is 286 g/mol. The molecule has 108 valence electrons. The van der Waals surface area contributed by atoms with Crippen LogP contribution in [0.1, 0.15) is 37.4 Å². The van der Waals surface area contributed by atoms with Gasteiger partial charge in [-0.3, -0.25) is 4.79 Å². The summed E-state index contributed by atoms with van der Waals surface area (Å²) >= 11 is 1.23. The molecule has 1 aromatic rings. The Kier molecular flexibility index (Phi) is 5.13. The van der Waals surface area contributed by atoms with Gasteiger partial charge in [0.1, 0.15) is 10.7 Å². The van der Waals surface area contributed by atoms with Crippen LogP contribution in [0.15, 0.2) is 0 Å². The van der Waals surface area contributed by atoms with Gasteiger partial charge in [-0.05, 0) is 13.8 Å². The zero-order valence-corrected chi connectivity index (χ0v) is 12.6. The van der Waals surface area contributed by atoms with Crippen molar-refractivity contribution in [3.05, 3.63) is 4.88 Å². The fraction of sp³-hybridized carbons (Fsp3) is 0.667. The van der Waals surface area contributed by atoms with Gasteiger partial charge in [-0.15, -0.1) is 0 Å². The number of aliphatic hydroxyl groups excluding tert-OH is 1. The lowest BCUT2D eigenvalue weighted by atomic mass is 9.95. The third-order valence-corrected chi connectivity index (χ3v) is 3.43. The summed E-state index contributed by atoms with van der Waals surface area (Å²) in [7, 11) is 0. The maximum absolute atomic E-state index is 12.0. The molecule has 0 aliphatic carbocycles. The topological polar surface area (TPSA) is 100 Å². The van der Waals surface area contributed by atoms with Gasteiger partial charge >= 0.3 is 0 Å². The van der Waals surface area contributed by atoms with Crippen molar-refractivity contribution in [3.63, 3.8) is 0 Å². The van der Waals surface area contributed by atoms with Gasteiger partial charge in [-0.2, -0.15) is 0 Å². The number of nitrogen functional groups attached to an aromatic ring is 1. The minimum atomic E-state index is -0.353. The first-order valence-electron chi connectivity index (χ1n) is 6.17. The van der Waals surface area contributed by atoms with Gasteiger partial charge in [-0.1, -0.05) is 25.2 Å². The van der Waals surface area contributed by atoms with Gasteiger partial charge in [0.05, 0.1) is 0 Å². The summed E-state index contributed by atoms with van der Waals surface area (Å²) < 4.78 is 0. The largest absolute Gasteiger partial charge is 0.396 e. The lowest BCUT2D eigenvalue weighted by molar-refractivity contribution is 0.0915. The summed E-state index contributed by atoms with van der Waals surface area (Å²) in [6.45, 7) is 8.10. The number of aliphatic hydroxyl groups is 1. The number of carbonyl (C=O) groups is 1. The van der Waals surface area contributed by atoms with Crippen LogP contribution < -0.4 is 16.4 Å². The second-order valence-corrected chi connectivity index (χ2v) is 6.54. The Bertz CT molecular complexity index is 443. The molecule has 0 fully saturated rings. The second-order valence-electron chi connectivity index (χ2n) is 5.54. The highest BCUT2D eigenvalue weighted by molar-refractivity contribution is 7.18. The van der Waals surface area contributed by atoms with E-state index in [1.807, 2.05) is 27.7 Å². The zero-order valence-electron chi connectivity index (χ0n) is 11.8. The van der Waals surface area contributed by atoms with Crippen molar-refractivity contribution in [3.8, 4) is 0 Å². The first kappa shape index (κ1) is 15.7. The molecule has 7 heteroatoms. The minimum absolute atomic E-state index is 0.00556. The molecule has 0 aromatic carbocycles. The van der Waals surface area contributed by atoms with Crippen LogP contribution in [0.2, 0.25) is 0 Å². The zero-order chi connectivity index (χ0) is 14.6. The van der Waals surface area contributed by atoms with E-state index in [0.717, 1.165) is 0 Å². The fourth-order valence-electron chi connectivity index (χ4n) is 1.26. The number of anilines is 2. The second kappa shape index (κ2) is 6.21. The van der Waals surface area contributed by atoms with Crippen LogP contribution >= 0.6 is 11.3 Å². The molecular weight excluding hydrogens is 264 g/mol. The Balaban J connectivity index is 2.69. The first-order chi connectivity index (χ1) is 8.75. The molecule has 1 rings (SSSR count). The van der Waals surface area contributed by atoms with E-state index in [-0.39, 0.29) is 29.8 Å². The molecule has 19 heavy (non-hydrogen) atoms. The lowest BCUT2D eigenvalue weighted by Gasteiger charge is -2.21. The normalized spacial score (nSPS) is 11.7. The number of rotatable bonds is 6. The van der Waals surface area contributed by atoms with Crippen molar-refractivity contribution in [2.75, 3.05) is 24.2 Å². The molecule has 0 spiro atoms. The third-order valence-electron chi connectivity index (χ3n) is 2.43. The van der Waals surface area contributed by atoms with Gasteiger partial charge in [0.15, 0.2) is 5.13 Å². The lowest BCUT2D eigenvalue weighted by Crippen LogP contribution is -2.36. The fourth-order valence-corrected chi connectivity index (χ4v) is 2.21. The van der Waals surface area contributed by atoms with Crippen molar-refractivity contribution in [1.29, 1.82) is 0 Å². The summed E-state index contributed by atoms with van der Waals surface area (Å²) in [4.78, 5) is 16.5. The Labute approximate surface area is 117 Å². The van der Waals surface area contributed by atoms with E-state index in [2.05, 4.69) is 15.6 Å². The molecule has 5 N–H and O–H groups in total. The number of carbonyl (C=O) groups excluding carboxylic acids is 1. The van der Waals surface area contributed by atoms with Crippen molar-refractivity contribution in [2.24, 2.45) is 5.41 Å². The van der Waals surface area contributed by atoms with Crippen molar-refractivity contribution < 1.29 is 9.90 Å². The van der Waals surface area contributed by atoms with Crippen LogP contribution in [0.4, 0.5) is 10.9 Å². The summed E-state index contributed by atoms with van der Waals surface area (Å²) in [5, 5.41) is 15.7. The molecular formula is C12H22N4O2S. The Hall–Kier alpha value is -1.34. The number of nitrogens with two attached hydrogens (primary N) is 1. The van der Waals surface area contributed by atoms with E-state index in [1.54, 1.807) is 0 Å². The van der Waals surface area contributed by atoms with Gasteiger partial charge in [0, 0.05) is 24.6 Å². The van der Waals surface area contributed by atoms with Crippen LogP contribution in [0, 0.1) is 5.41 Å². The van der Waals surface area contributed by atoms with Crippen LogP contribution in [0.5, 0.6) is 0 Å². The molecule has 1 heterocycles. The van der Waals surface area contributed by atoms with Crippen molar-refractivity contribution in [1.82, 2.24) is 10.3 Å². The number of nitrogens with zero attached hydrogens (tertiary/aromatic N) is 1. The number of nitrogens with one attached hydrogen (secondary N) is 2. The number of hydrogen-bond acceptors (Lipinski definition) is 6. The predicted molar refractivity (Wildman–Crippen MR) is 78.5 cm³/mol. The smallest absolute Gasteiger partial charge is 0.265 e. The standard InChI is InChI=1S/C12H22N4O2S/c1-7(2)15-11-16-9(13)8(19-11)10(18)14-5-12(3,4)6-17/h7,17H,5-6,13H2,1-4H3,(H,14,18)(H,15,16). The van der Waals surface area contributed by atoms with Gasteiger partial charge in [-0.25, -0.2) is 4.98 Å². The maximum atomic E-state index is 12.0. The molecule has 1 aromatic heterocycles. The number of thiazole rings is 1. The highest BCUT2D eigenvalue weighted by Gasteiger charge is 2.21. The van der Waals surface area contributed by atoms with Gasteiger partial charge < -0.3 is 21.5 Å². The van der Waals surface area contributed by atoms with Gasteiger partial charge in [0.25, 0.3) is 5.91 Å². The SMILES string of the molecule is CC(C)Nc1nc(N)c(C(=O)NCC(C)(C)CO)s1. The molecule has 0 aliphatic heterocycles. The average Bonchev–Trinajstić information content (AvgIpc) is 2.66. The van der Waals surface area contributed by atoms with Crippen molar-refractivity contribution >= 4 is 28.2 Å². The van der Waals surface area contributed by atoms with E-state index in [4.69, 9.17) is 10.8 Å². The maximum Gasteiger partial charge on any atom is 0.265 e. The Morgan fingerprint density at radius 2 is 2.16 bits per heavy atom. The van der Waals surface area contributed by atoms with E-state index in [0.29, 0.717) is 16.6 Å². The first-order valence-corrected chi connectivity index (χ1v) is 6.99. The molecule has 1 amide bonds. The Morgan fingerprint density at radius 3 is 2.68 bits per heavy atom. The molecule has 0 saturated heterocycles. The van der Waals surface area contributed by atoms with E-state index in [1.165, 1.54) is 11.3 Å². The van der Waals surface area contributed by atoms with Crippen LogP contribution in [-0.2, 0) is 0 Å². The molecule has 0 atom stereocenters. The molecule has 0 saturated carbocycles. The molecule has 6 nitrogen and oxygen atoms in total. The van der Waals surface area contributed by atoms with E-state index >= 15 is 0 Å². The molecule has 0 unspecified atom stereocenters. The predicted octanol–water partition coefficient (Wildman–Crippen LogP) is 1.29. The third kappa shape index (κ3) is 4.68. The summed E-state index contributed by atoms with van der Waals surface area (Å²) in [6.07, 6.45) is 0. The van der Waals surface area contributed by atoms with Gasteiger partial charge in [0.2, 0.25) is 0 Å². The highest BCUT2D eigenvalue weighted by atomic mass is 32.1. The van der Waals surface area contributed by atoms with E-state index < -0.39 is 0 Å². The Morgan fingerprint density at radius 1 is 1.53 bits per heavy atom. The van der Waals surface area contributed by atoms with Crippen LogP contribution in [0.3, 0.4) is 0 Å². The molecule has 0 aliphatic rings. The van der Waals surface area contributed by atoms with E-state index in [9.17, 15) is 4.79 Å². The number of amides is 1. The average molecular weight is 286 g/mol. The summed E-state index contributed by atoms with van der Waals surface area (Å²) in [5.74, 6) is -0.0271. The van der Waals surface area contributed by atoms with Crippen LogP contribution in [0.25, 0.3) is 0 Å². The molecule has 0 bridgehead atoms.